The summed E-state index contributed by atoms with van der Waals surface area (Å²) in [5.41, 5.74) is 2.08. The van der Waals surface area contributed by atoms with Gasteiger partial charge in [-0.2, -0.15) is 5.26 Å². The SMILES string of the molecule is Cc1cccc(CNCc2ccc(C#N)s2)n1. The highest BCUT2D eigenvalue weighted by Crippen LogP contribution is 2.14. The molecule has 86 valence electrons. The predicted octanol–water partition coefficient (Wildman–Crippen LogP) is 2.61. The van der Waals surface area contributed by atoms with E-state index in [1.807, 2.05) is 37.3 Å². The third-order valence-electron chi connectivity index (χ3n) is 2.32. The number of nitrogens with zero attached hydrogens (tertiary/aromatic N) is 2. The number of rotatable bonds is 4. The van der Waals surface area contributed by atoms with E-state index in [2.05, 4.69) is 16.4 Å². The van der Waals surface area contributed by atoms with Gasteiger partial charge in [-0.05, 0) is 31.2 Å². The largest absolute Gasteiger partial charge is 0.306 e. The highest BCUT2D eigenvalue weighted by atomic mass is 32.1. The van der Waals surface area contributed by atoms with Crippen molar-refractivity contribution < 1.29 is 0 Å². The van der Waals surface area contributed by atoms with Gasteiger partial charge in [0, 0.05) is 23.7 Å². The van der Waals surface area contributed by atoms with Gasteiger partial charge < -0.3 is 5.32 Å². The lowest BCUT2D eigenvalue weighted by molar-refractivity contribution is 0.685. The molecule has 17 heavy (non-hydrogen) atoms. The van der Waals surface area contributed by atoms with Crippen molar-refractivity contribution in [1.29, 1.82) is 5.26 Å². The number of thiophene rings is 1. The minimum atomic E-state index is 0.751. The monoisotopic (exact) mass is 243 g/mol. The molecule has 2 rings (SSSR count). The first kappa shape index (κ1) is 11.8. The van der Waals surface area contributed by atoms with Crippen LogP contribution in [0.5, 0.6) is 0 Å². The highest BCUT2D eigenvalue weighted by Gasteiger charge is 1.99. The van der Waals surface area contributed by atoms with E-state index < -0.39 is 0 Å². The quantitative estimate of drug-likeness (QED) is 0.898. The lowest BCUT2D eigenvalue weighted by Gasteiger charge is -2.03. The molecule has 2 aromatic rings. The molecule has 0 aliphatic carbocycles. The van der Waals surface area contributed by atoms with Crippen molar-refractivity contribution in [2.75, 3.05) is 0 Å². The van der Waals surface area contributed by atoms with E-state index >= 15 is 0 Å². The van der Waals surface area contributed by atoms with Gasteiger partial charge in [-0.15, -0.1) is 11.3 Å². The number of hydrogen-bond acceptors (Lipinski definition) is 4. The van der Waals surface area contributed by atoms with Crippen molar-refractivity contribution in [3.63, 3.8) is 0 Å². The summed E-state index contributed by atoms with van der Waals surface area (Å²) in [6.07, 6.45) is 0. The molecule has 0 aliphatic rings. The first-order chi connectivity index (χ1) is 8.28. The summed E-state index contributed by atoms with van der Waals surface area (Å²) in [6.45, 7) is 3.52. The number of nitrogens with one attached hydrogen (secondary N) is 1. The Bertz CT molecular complexity index is 540. The van der Waals surface area contributed by atoms with Crippen LogP contribution >= 0.6 is 11.3 Å². The van der Waals surface area contributed by atoms with Crippen molar-refractivity contribution in [1.82, 2.24) is 10.3 Å². The zero-order valence-corrected chi connectivity index (χ0v) is 10.4. The average Bonchev–Trinajstić information content (AvgIpc) is 2.77. The molecule has 0 aromatic carbocycles. The van der Waals surface area contributed by atoms with Crippen LogP contribution in [0.4, 0.5) is 0 Å². The Balaban J connectivity index is 1.85. The molecule has 0 unspecified atom stereocenters. The van der Waals surface area contributed by atoms with E-state index in [0.717, 1.165) is 29.4 Å². The molecule has 2 aromatic heterocycles. The van der Waals surface area contributed by atoms with Crippen LogP contribution < -0.4 is 5.32 Å². The molecule has 2 heterocycles. The molecule has 3 nitrogen and oxygen atoms in total. The van der Waals surface area contributed by atoms with Gasteiger partial charge >= 0.3 is 0 Å². The Morgan fingerprint density at radius 2 is 2.18 bits per heavy atom. The predicted molar refractivity (Wildman–Crippen MR) is 68.6 cm³/mol. The molecule has 0 saturated carbocycles. The summed E-state index contributed by atoms with van der Waals surface area (Å²) in [5.74, 6) is 0. The maximum Gasteiger partial charge on any atom is 0.110 e. The van der Waals surface area contributed by atoms with Gasteiger partial charge in [0.1, 0.15) is 10.9 Å². The molecule has 0 aliphatic heterocycles. The maximum absolute atomic E-state index is 8.71. The van der Waals surface area contributed by atoms with E-state index in [1.165, 1.54) is 16.2 Å². The molecule has 0 fully saturated rings. The van der Waals surface area contributed by atoms with Gasteiger partial charge in [0.15, 0.2) is 0 Å². The van der Waals surface area contributed by atoms with Crippen LogP contribution in [0, 0.1) is 18.3 Å². The molecule has 0 spiro atoms. The lowest BCUT2D eigenvalue weighted by Crippen LogP contribution is -2.12. The molecule has 0 saturated heterocycles. The molecule has 0 radical (unpaired) electrons. The zero-order valence-electron chi connectivity index (χ0n) is 9.60. The van der Waals surface area contributed by atoms with Crippen LogP contribution in [-0.2, 0) is 13.1 Å². The van der Waals surface area contributed by atoms with Crippen molar-refractivity contribution in [3.05, 3.63) is 51.5 Å². The Morgan fingerprint density at radius 3 is 2.88 bits per heavy atom. The van der Waals surface area contributed by atoms with Crippen LogP contribution in [0.1, 0.15) is 21.1 Å². The van der Waals surface area contributed by atoms with Crippen molar-refractivity contribution in [3.8, 4) is 6.07 Å². The fourth-order valence-electron chi connectivity index (χ4n) is 1.54. The van der Waals surface area contributed by atoms with E-state index in [9.17, 15) is 0 Å². The Labute approximate surface area is 105 Å². The van der Waals surface area contributed by atoms with Gasteiger partial charge in [0.2, 0.25) is 0 Å². The van der Waals surface area contributed by atoms with Gasteiger partial charge in [0.25, 0.3) is 0 Å². The van der Waals surface area contributed by atoms with Crippen LogP contribution in [0.2, 0.25) is 0 Å². The standard InChI is InChI=1S/C13H13N3S/c1-10-3-2-4-11(16-10)8-15-9-13-6-5-12(7-14)17-13/h2-6,15H,8-9H2,1H3. The second-order valence-corrected chi connectivity index (χ2v) is 4.92. The second kappa shape index (κ2) is 5.58. The Morgan fingerprint density at radius 1 is 1.29 bits per heavy atom. The fraction of sp³-hybridized carbons (Fsp3) is 0.231. The molecular formula is C13H13N3S. The first-order valence-electron chi connectivity index (χ1n) is 5.40. The summed E-state index contributed by atoms with van der Waals surface area (Å²) >= 11 is 1.53. The van der Waals surface area contributed by atoms with Gasteiger partial charge in [-0.3, -0.25) is 4.98 Å². The molecule has 4 heteroatoms. The van der Waals surface area contributed by atoms with Crippen molar-refractivity contribution >= 4 is 11.3 Å². The second-order valence-electron chi connectivity index (χ2n) is 3.75. The van der Waals surface area contributed by atoms with E-state index in [-0.39, 0.29) is 0 Å². The molecule has 0 bridgehead atoms. The molecule has 0 atom stereocenters. The number of hydrogen-bond donors (Lipinski definition) is 1. The topological polar surface area (TPSA) is 48.7 Å². The zero-order chi connectivity index (χ0) is 12.1. The molecule has 0 amide bonds. The highest BCUT2D eigenvalue weighted by molar-refractivity contribution is 7.12. The third-order valence-corrected chi connectivity index (χ3v) is 3.31. The maximum atomic E-state index is 8.71. The van der Waals surface area contributed by atoms with Crippen LogP contribution in [0.3, 0.4) is 0 Å². The van der Waals surface area contributed by atoms with Crippen LogP contribution in [0.15, 0.2) is 30.3 Å². The van der Waals surface area contributed by atoms with Crippen molar-refractivity contribution in [2.24, 2.45) is 0 Å². The fourth-order valence-corrected chi connectivity index (χ4v) is 2.32. The summed E-state index contributed by atoms with van der Waals surface area (Å²) in [5, 5.41) is 12.0. The Hall–Kier alpha value is -1.70. The van der Waals surface area contributed by atoms with Gasteiger partial charge in [-0.25, -0.2) is 0 Å². The van der Waals surface area contributed by atoms with E-state index in [4.69, 9.17) is 5.26 Å². The van der Waals surface area contributed by atoms with E-state index in [0.29, 0.717) is 0 Å². The summed E-state index contributed by atoms with van der Waals surface area (Å²) in [4.78, 5) is 6.35. The number of pyridine rings is 1. The third kappa shape index (κ3) is 3.38. The minimum Gasteiger partial charge on any atom is -0.306 e. The smallest absolute Gasteiger partial charge is 0.110 e. The minimum absolute atomic E-state index is 0.751. The Kier molecular flexibility index (Phi) is 3.86. The summed E-state index contributed by atoms with van der Waals surface area (Å²) < 4.78 is 0. The van der Waals surface area contributed by atoms with Crippen LogP contribution in [-0.4, -0.2) is 4.98 Å². The summed E-state index contributed by atoms with van der Waals surface area (Å²) in [7, 11) is 0. The molecule has 1 N–H and O–H groups in total. The molecular weight excluding hydrogens is 230 g/mol. The summed E-state index contributed by atoms with van der Waals surface area (Å²) in [6, 6.07) is 12.0. The number of aromatic nitrogens is 1. The normalized spacial score (nSPS) is 10.1. The van der Waals surface area contributed by atoms with Crippen LogP contribution in [0.25, 0.3) is 0 Å². The lowest BCUT2D eigenvalue weighted by atomic mass is 10.3. The van der Waals surface area contributed by atoms with Gasteiger partial charge in [0.05, 0.1) is 5.69 Å². The first-order valence-corrected chi connectivity index (χ1v) is 6.21. The van der Waals surface area contributed by atoms with Crippen molar-refractivity contribution in [2.45, 2.75) is 20.0 Å². The number of aryl methyl sites for hydroxylation is 1. The van der Waals surface area contributed by atoms with Gasteiger partial charge in [-0.1, -0.05) is 6.07 Å². The van der Waals surface area contributed by atoms with E-state index in [1.54, 1.807) is 0 Å². The average molecular weight is 243 g/mol. The number of nitriles is 1.